The van der Waals surface area contributed by atoms with Gasteiger partial charge in [-0.2, -0.15) is 0 Å². The van der Waals surface area contributed by atoms with Crippen LogP contribution in [0.4, 0.5) is 0 Å². The Hall–Kier alpha value is -1.94. The Bertz CT molecular complexity index is 430. The number of hydrogen-bond acceptors (Lipinski definition) is 2. The quantitative estimate of drug-likeness (QED) is 0.364. The molecule has 0 saturated heterocycles. The van der Waals surface area contributed by atoms with Gasteiger partial charge in [-0.3, -0.25) is 9.59 Å². The molecule has 4 nitrogen and oxygen atoms in total. The van der Waals surface area contributed by atoms with Crippen LogP contribution >= 0.6 is 0 Å². The third kappa shape index (κ3) is 14.1. The average molecular weight is 347 g/mol. The Labute approximate surface area is 154 Å². The number of carbonyl (C=O) groups excluding carboxylic acids is 2. The molecule has 0 aliphatic rings. The van der Waals surface area contributed by atoms with Crippen LogP contribution in [0.3, 0.4) is 0 Å². The molecule has 140 valence electrons. The molecular weight excluding hydrogens is 312 g/mol. The zero-order valence-electron chi connectivity index (χ0n) is 15.8. The molecule has 1 N–H and O–H groups in total. The minimum Gasteiger partial charge on any atom is -0.347 e. The molecule has 0 unspecified atom stereocenters. The number of unbranched alkanes of at least 4 members (excludes halogenated alkanes) is 9. The van der Waals surface area contributed by atoms with E-state index in [4.69, 9.17) is 12.8 Å². The van der Waals surface area contributed by atoms with Crippen molar-refractivity contribution >= 4 is 11.8 Å². The van der Waals surface area contributed by atoms with Crippen molar-refractivity contribution in [3.8, 4) is 24.7 Å². The van der Waals surface area contributed by atoms with E-state index < -0.39 is 0 Å². The van der Waals surface area contributed by atoms with Crippen LogP contribution in [0.2, 0.25) is 0 Å². The first-order valence-electron chi connectivity index (χ1n) is 9.57. The fourth-order valence-corrected chi connectivity index (χ4v) is 2.60. The molecule has 2 amide bonds. The lowest BCUT2D eigenvalue weighted by molar-refractivity contribution is -0.131. The van der Waals surface area contributed by atoms with E-state index in [1.165, 1.54) is 56.3 Å². The van der Waals surface area contributed by atoms with Gasteiger partial charge in [0.15, 0.2) is 0 Å². The van der Waals surface area contributed by atoms with Crippen LogP contribution in [0.5, 0.6) is 0 Å². The summed E-state index contributed by atoms with van der Waals surface area (Å²) in [7, 11) is 0. The van der Waals surface area contributed by atoms with E-state index in [1.54, 1.807) is 0 Å². The summed E-state index contributed by atoms with van der Waals surface area (Å²) in [5, 5.41) is 2.64. The molecule has 0 spiro atoms. The lowest BCUT2D eigenvalue weighted by Crippen LogP contribution is -2.40. The number of carbonyl (C=O) groups is 2. The number of amides is 2. The predicted octanol–water partition coefficient (Wildman–Crippen LogP) is 3.51. The maximum absolute atomic E-state index is 11.9. The maximum atomic E-state index is 11.9. The van der Waals surface area contributed by atoms with E-state index in [0.29, 0.717) is 6.42 Å². The topological polar surface area (TPSA) is 49.4 Å². The van der Waals surface area contributed by atoms with E-state index in [2.05, 4.69) is 24.1 Å². The lowest BCUT2D eigenvalue weighted by Gasteiger charge is -2.17. The Morgan fingerprint density at radius 3 is 1.80 bits per heavy atom. The molecule has 0 radical (unpaired) electrons. The Kier molecular flexibility index (Phi) is 15.6. The summed E-state index contributed by atoms with van der Waals surface area (Å²) in [6, 6.07) is 0. The molecule has 0 aliphatic carbocycles. The standard InChI is InChI=1S/C21H34N2O2/c1-4-7-8-9-10-11-12-13-14-15-16-20(24)22-19-21(25)23(17-5-2)18-6-3/h2-3H,4,7-19H2,1H3,(H,22,24). The highest BCUT2D eigenvalue weighted by atomic mass is 16.2. The summed E-state index contributed by atoms with van der Waals surface area (Å²) in [4.78, 5) is 25.0. The van der Waals surface area contributed by atoms with Gasteiger partial charge in [0.25, 0.3) is 0 Å². The number of nitrogens with one attached hydrogen (secondary N) is 1. The molecule has 0 aromatic carbocycles. The summed E-state index contributed by atoms with van der Waals surface area (Å²) in [6.07, 6.45) is 23.2. The molecule has 0 aliphatic heterocycles. The first-order chi connectivity index (χ1) is 12.2. The van der Waals surface area contributed by atoms with Gasteiger partial charge in [0.1, 0.15) is 0 Å². The van der Waals surface area contributed by atoms with Gasteiger partial charge in [-0.25, -0.2) is 0 Å². The minimum atomic E-state index is -0.243. The van der Waals surface area contributed by atoms with Gasteiger partial charge in [0.05, 0.1) is 19.6 Å². The first-order valence-corrected chi connectivity index (χ1v) is 9.57. The lowest BCUT2D eigenvalue weighted by atomic mass is 10.1. The van der Waals surface area contributed by atoms with Gasteiger partial charge in [0.2, 0.25) is 11.8 Å². The van der Waals surface area contributed by atoms with E-state index in [0.717, 1.165) is 12.8 Å². The number of rotatable bonds is 15. The monoisotopic (exact) mass is 346 g/mol. The molecule has 0 aromatic heterocycles. The molecule has 0 saturated carbocycles. The molecule has 0 fully saturated rings. The highest BCUT2D eigenvalue weighted by Crippen LogP contribution is 2.11. The first kappa shape index (κ1) is 23.1. The van der Waals surface area contributed by atoms with Crippen molar-refractivity contribution in [3.05, 3.63) is 0 Å². The number of terminal acetylenes is 2. The van der Waals surface area contributed by atoms with Crippen LogP contribution < -0.4 is 5.32 Å². The molecule has 0 heterocycles. The average Bonchev–Trinajstić information content (AvgIpc) is 2.61. The van der Waals surface area contributed by atoms with Crippen molar-refractivity contribution in [2.24, 2.45) is 0 Å². The SMILES string of the molecule is C#CCN(CC#C)C(=O)CNC(=O)CCCCCCCCCCCC. The fraction of sp³-hybridized carbons (Fsp3) is 0.714. The third-order valence-electron chi connectivity index (χ3n) is 4.11. The van der Waals surface area contributed by atoms with E-state index in [-0.39, 0.29) is 31.4 Å². The van der Waals surface area contributed by atoms with Gasteiger partial charge in [-0.15, -0.1) is 12.8 Å². The second-order valence-corrected chi connectivity index (χ2v) is 6.37. The highest BCUT2D eigenvalue weighted by Gasteiger charge is 2.12. The van der Waals surface area contributed by atoms with Crippen LogP contribution in [0.1, 0.15) is 77.6 Å². The smallest absolute Gasteiger partial charge is 0.243 e. The van der Waals surface area contributed by atoms with Gasteiger partial charge < -0.3 is 10.2 Å². The Morgan fingerprint density at radius 2 is 1.32 bits per heavy atom. The molecule has 0 rings (SSSR count). The van der Waals surface area contributed by atoms with Gasteiger partial charge in [-0.1, -0.05) is 76.6 Å². The minimum absolute atomic E-state index is 0.0417. The van der Waals surface area contributed by atoms with Crippen LogP contribution in [0.15, 0.2) is 0 Å². The molecule has 4 heteroatoms. The second kappa shape index (κ2) is 16.9. The van der Waals surface area contributed by atoms with Gasteiger partial charge >= 0.3 is 0 Å². The zero-order chi connectivity index (χ0) is 18.8. The summed E-state index contributed by atoms with van der Waals surface area (Å²) < 4.78 is 0. The maximum Gasteiger partial charge on any atom is 0.243 e. The van der Waals surface area contributed by atoms with Crippen molar-refractivity contribution in [3.63, 3.8) is 0 Å². The molecular formula is C21H34N2O2. The van der Waals surface area contributed by atoms with Gasteiger partial charge in [0, 0.05) is 6.42 Å². The molecule has 25 heavy (non-hydrogen) atoms. The summed E-state index contributed by atoms with van der Waals surface area (Å²) in [6.45, 7) is 2.52. The molecule has 0 aromatic rings. The van der Waals surface area contributed by atoms with Crippen molar-refractivity contribution in [1.29, 1.82) is 0 Å². The fourth-order valence-electron chi connectivity index (χ4n) is 2.60. The van der Waals surface area contributed by atoms with E-state index in [1.807, 2.05) is 0 Å². The van der Waals surface area contributed by atoms with Crippen molar-refractivity contribution in [2.45, 2.75) is 77.6 Å². The van der Waals surface area contributed by atoms with Crippen LogP contribution in [0.25, 0.3) is 0 Å². The number of nitrogens with zero attached hydrogens (tertiary/aromatic N) is 1. The van der Waals surface area contributed by atoms with Crippen molar-refractivity contribution in [2.75, 3.05) is 19.6 Å². The summed E-state index contributed by atoms with van der Waals surface area (Å²) >= 11 is 0. The van der Waals surface area contributed by atoms with E-state index >= 15 is 0 Å². The van der Waals surface area contributed by atoms with Crippen molar-refractivity contribution < 1.29 is 9.59 Å². The second-order valence-electron chi connectivity index (χ2n) is 6.37. The predicted molar refractivity (Wildman–Crippen MR) is 104 cm³/mol. The van der Waals surface area contributed by atoms with Crippen LogP contribution in [-0.2, 0) is 9.59 Å². The van der Waals surface area contributed by atoms with Crippen molar-refractivity contribution in [1.82, 2.24) is 10.2 Å². The Morgan fingerprint density at radius 1 is 0.840 bits per heavy atom. The zero-order valence-corrected chi connectivity index (χ0v) is 15.8. The molecule has 0 bridgehead atoms. The molecule has 0 atom stereocenters. The Balaban J connectivity index is 3.60. The normalized spacial score (nSPS) is 9.88. The summed E-state index contributed by atoms with van der Waals surface area (Å²) in [5.74, 6) is 4.45. The van der Waals surface area contributed by atoms with Crippen LogP contribution in [0, 0.1) is 24.7 Å². The third-order valence-corrected chi connectivity index (χ3v) is 4.11. The largest absolute Gasteiger partial charge is 0.347 e. The highest BCUT2D eigenvalue weighted by molar-refractivity contribution is 5.85. The summed E-state index contributed by atoms with van der Waals surface area (Å²) in [5.41, 5.74) is 0. The van der Waals surface area contributed by atoms with Crippen LogP contribution in [-0.4, -0.2) is 36.3 Å². The number of hydrogen-bond donors (Lipinski definition) is 1. The van der Waals surface area contributed by atoms with Gasteiger partial charge in [-0.05, 0) is 6.42 Å². The van der Waals surface area contributed by atoms with E-state index in [9.17, 15) is 9.59 Å².